The highest BCUT2D eigenvalue weighted by Crippen LogP contribution is 2.36. The van der Waals surface area contributed by atoms with Gasteiger partial charge in [-0.15, -0.1) is 0 Å². The first-order valence-corrected chi connectivity index (χ1v) is 12.4. The molecule has 5 rings (SSSR count). The lowest BCUT2D eigenvalue weighted by molar-refractivity contribution is 0.0930. The Labute approximate surface area is 212 Å². The van der Waals surface area contributed by atoms with Crippen LogP contribution in [0.15, 0.2) is 60.7 Å². The van der Waals surface area contributed by atoms with E-state index in [1.54, 1.807) is 7.11 Å². The van der Waals surface area contributed by atoms with Gasteiger partial charge in [-0.25, -0.2) is 0 Å². The summed E-state index contributed by atoms with van der Waals surface area (Å²) in [6, 6.07) is 20.2. The summed E-state index contributed by atoms with van der Waals surface area (Å²) in [5.41, 5.74) is 5.28. The molecule has 188 valence electrons. The van der Waals surface area contributed by atoms with Crippen molar-refractivity contribution in [3.8, 4) is 17.2 Å². The average molecular weight is 488 g/mol. The van der Waals surface area contributed by atoms with Crippen molar-refractivity contribution >= 4 is 11.6 Å². The molecule has 0 unspecified atom stereocenters. The minimum Gasteiger partial charge on any atom is -0.497 e. The monoisotopic (exact) mass is 487 g/mol. The normalized spacial score (nSPS) is 16.0. The van der Waals surface area contributed by atoms with Gasteiger partial charge in [-0.3, -0.25) is 9.69 Å². The predicted octanol–water partition coefficient (Wildman–Crippen LogP) is 4.33. The second-order valence-electron chi connectivity index (χ2n) is 9.36. The maximum Gasteiger partial charge on any atom is 0.251 e. The van der Waals surface area contributed by atoms with Gasteiger partial charge < -0.3 is 24.4 Å². The van der Waals surface area contributed by atoms with Crippen molar-refractivity contribution in [1.29, 1.82) is 0 Å². The van der Waals surface area contributed by atoms with Gasteiger partial charge in [-0.2, -0.15) is 0 Å². The Kier molecular flexibility index (Phi) is 7.00. The molecule has 0 radical (unpaired) electrons. The summed E-state index contributed by atoms with van der Waals surface area (Å²) in [6.07, 6.45) is 0. The lowest BCUT2D eigenvalue weighted by atomic mass is 10.0. The number of carbonyl (C=O) groups is 1. The molecule has 36 heavy (non-hydrogen) atoms. The third-order valence-corrected chi connectivity index (χ3v) is 7.20. The number of ether oxygens (including phenoxy) is 3. The Balaban J connectivity index is 1.31. The average Bonchev–Trinajstić information content (AvgIpc) is 3.39. The topological polar surface area (TPSA) is 63.3 Å². The molecule has 1 fully saturated rings. The van der Waals surface area contributed by atoms with Gasteiger partial charge in [0.05, 0.1) is 13.2 Å². The summed E-state index contributed by atoms with van der Waals surface area (Å²) in [7, 11) is 1.68. The number of aryl methyl sites for hydroxylation is 2. The molecule has 2 heterocycles. The number of anilines is 1. The number of carbonyl (C=O) groups excluding carboxylic acids is 1. The van der Waals surface area contributed by atoms with Gasteiger partial charge in [0.25, 0.3) is 5.91 Å². The summed E-state index contributed by atoms with van der Waals surface area (Å²) < 4.78 is 16.5. The maximum atomic E-state index is 13.0. The molecule has 1 amide bonds. The van der Waals surface area contributed by atoms with Crippen LogP contribution in [0.1, 0.15) is 33.1 Å². The molecule has 1 saturated heterocycles. The van der Waals surface area contributed by atoms with E-state index >= 15 is 0 Å². The first kappa shape index (κ1) is 24.0. The number of methoxy groups -OCH3 is 1. The van der Waals surface area contributed by atoms with Crippen LogP contribution in [-0.4, -0.2) is 57.4 Å². The van der Waals surface area contributed by atoms with Crippen LogP contribution in [0.2, 0.25) is 0 Å². The molecule has 2 aliphatic heterocycles. The van der Waals surface area contributed by atoms with Crippen molar-refractivity contribution in [1.82, 2.24) is 10.2 Å². The molecule has 0 bridgehead atoms. The zero-order valence-electron chi connectivity index (χ0n) is 21.1. The van der Waals surface area contributed by atoms with E-state index in [1.165, 1.54) is 11.3 Å². The summed E-state index contributed by atoms with van der Waals surface area (Å²) >= 11 is 0. The van der Waals surface area contributed by atoms with Gasteiger partial charge in [-0.1, -0.05) is 12.1 Å². The minimum absolute atomic E-state index is 0.0213. The van der Waals surface area contributed by atoms with Crippen molar-refractivity contribution in [3.63, 3.8) is 0 Å². The van der Waals surface area contributed by atoms with Crippen LogP contribution in [0.5, 0.6) is 17.2 Å². The van der Waals surface area contributed by atoms with E-state index in [0.717, 1.165) is 54.6 Å². The number of piperazine rings is 1. The molecule has 2 aliphatic rings. The summed E-state index contributed by atoms with van der Waals surface area (Å²) in [6.45, 7) is 8.40. The number of nitrogens with one attached hydrogen (secondary N) is 1. The fourth-order valence-electron chi connectivity index (χ4n) is 4.84. The molecule has 1 N–H and O–H groups in total. The van der Waals surface area contributed by atoms with E-state index < -0.39 is 0 Å². The molecule has 3 aromatic rings. The zero-order valence-corrected chi connectivity index (χ0v) is 21.1. The number of benzene rings is 3. The van der Waals surface area contributed by atoms with Crippen molar-refractivity contribution in [2.45, 2.75) is 19.9 Å². The van der Waals surface area contributed by atoms with E-state index in [4.69, 9.17) is 14.2 Å². The molecule has 3 aromatic carbocycles. The molecule has 0 saturated carbocycles. The molecule has 0 spiro atoms. The SMILES string of the molecule is COc1ccc(N2CCN([C@@H](CNC(=O)c3ccc(C)c(C)c3)c3ccc4c(c3)OCO4)CC2)cc1. The van der Waals surface area contributed by atoms with Gasteiger partial charge in [0.2, 0.25) is 6.79 Å². The number of hydrogen-bond acceptors (Lipinski definition) is 6. The Morgan fingerprint density at radius 3 is 2.39 bits per heavy atom. The third kappa shape index (κ3) is 5.11. The van der Waals surface area contributed by atoms with Crippen molar-refractivity contribution in [3.05, 3.63) is 82.9 Å². The third-order valence-electron chi connectivity index (χ3n) is 7.20. The van der Waals surface area contributed by atoms with E-state index in [1.807, 2.05) is 49.4 Å². The first-order chi connectivity index (χ1) is 17.5. The fourth-order valence-corrected chi connectivity index (χ4v) is 4.84. The smallest absolute Gasteiger partial charge is 0.251 e. The number of fused-ring (bicyclic) bond motifs is 1. The highest BCUT2D eigenvalue weighted by atomic mass is 16.7. The number of amides is 1. The van der Waals surface area contributed by atoms with Crippen LogP contribution in [0.3, 0.4) is 0 Å². The largest absolute Gasteiger partial charge is 0.497 e. The Morgan fingerprint density at radius 1 is 0.917 bits per heavy atom. The van der Waals surface area contributed by atoms with Gasteiger partial charge in [0.15, 0.2) is 11.5 Å². The van der Waals surface area contributed by atoms with Crippen molar-refractivity contribution in [2.24, 2.45) is 0 Å². The van der Waals surface area contributed by atoms with Gasteiger partial charge in [0, 0.05) is 44.0 Å². The minimum atomic E-state index is -0.0549. The van der Waals surface area contributed by atoms with Crippen molar-refractivity contribution < 1.29 is 19.0 Å². The van der Waals surface area contributed by atoms with Gasteiger partial charge in [0.1, 0.15) is 5.75 Å². The number of rotatable bonds is 7. The molecule has 7 nitrogen and oxygen atoms in total. The summed E-state index contributed by atoms with van der Waals surface area (Å²) in [5, 5.41) is 3.18. The van der Waals surface area contributed by atoms with Gasteiger partial charge in [-0.05, 0) is 79.1 Å². The standard InChI is InChI=1S/C29H33N3O4/c1-20-4-5-23(16-21(20)2)29(33)30-18-26(22-6-11-27-28(17-22)36-19-35-27)32-14-12-31(13-15-32)24-7-9-25(34-3)10-8-24/h4-11,16-17,26H,12-15,18-19H2,1-3H3,(H,30,33)/t26-/m0/s1. The highest BCUT2D eigenvalue weighted by molar-refractivity contribution is 5.94. The molecular weight excluding hydrogens is 454 g/mol. The van der Waals surface area contributed by atoms with Crippen LogP contribution < -0.4 is 24.4 Å². The Bertz CT molecular complexity index is 1220. The van der Waals surface area contributed by atoms with Crippen LogP contribution in [0.4, 0.5) is 5.69 Å². The van der Waals surface area contributed by atoms with Crippen LogP contribution in [-0.2, 0) is 0 Å². The summed E-state index contributed by atoms with van der Waals surface area (Å²) in [4.78, 5) is 17.8. The Hall–Kier alpha value is -3.71. The van der Waals surface area contributed by atoms with E-state index in [9.17, 15) is 4.79 Å². The van der Waals surface area contributed by atoms with E-state index in [-0.39, 0.29) is 18.7 Å². The summed E-state index contributed by atoms with van der Waals surface area (Å²) in [5.74, 6) is 2.33. The lowest BCUT2D eigenvalue weighted by Gasteiger charge is -2.40. The zero-order chi connectivity index (χ0) is 25.1. The molecule has 0 aromatic heterocycles. The maximum absolute atomic E-state index is 13.0. The van der Waals surface area contributed by atoms with E-state index in [2.05, 4.69) is 40.2 Å². The predicted molar refractivity (Wildman–Crippen MR) is 140 cm³/mol. The number of hydrogen-bond donors (Lipinski definition) is 1. The van der Waals surface area contributed by atoms with Crippen LogP contribution in [0.25, 0.3) is 0 Å². The second-order valence-corrected chi connectivity index (χ2v) is 9.36. The second kappa shape index (κ2) is 10.5. The van der Waals surface area contributed by atoms with Crippen LogP contribution >= 0.6 is 0 Å². The lowest BCUT2D eigenvalue weighted by Crippen LogP contribution is -2.50. The Morgan fingerprint density at radius 2 is 1.67 bits per heavy atom. The molecule has 7 heteroatoms. The molecule has 1 atom stereocenters. The van der Waals surface area contributed by atoms with E-state index in [0.29, 0.717) is 12.1 Å². The highest BCUT2D eigenvalue weighted by Gasteiger charge is 2.27. The first-order valence-electron chi connectivity index (χ1n) is 12.4. The van der Waals surface area contributed by atoms with Gasteiger partial charge >= 0.3 is 0 Å². The van der Waals surface area contributed by atoms with Crippen LogP contribution in [0, 0.1) is 13.8 Å². The molecular formula is C29H33N3O4. The quantitative estimate of drug-likeness (QED) is 0.535. The fraction of sp³-hybridized carbons (Fsp3) is 0.345. The number of nitrogens with zero attached hydrogens (tertiary/aromatic N) is 2. The van der Waals surface area contributed by atoms with Crippen molar-refractivity contribution in [2.75, 3.05) is 51.5 Å². The molecule has 0 aliphatic carbocycles.